The number of ether oxygens (including phenoxy) is 1. The lowest BCUT2D eigenvalue weighted by atomic mass is 9.73. The summed E-state index contributed by atoms with van der Waals surface area (Å²) in [7, 11) is 0. The van der Waals surface area contributed by atoms with Crippen LogP contribution >= 0.6 is 0 Å². The number of carbonyl (C=O) groups is 1. The van der Waals surface area contributed by atoms with Gasteiger partial charge >= 0.3 is 12.4 Å². The van der Waals surface area contributed by atoms with Gasteiger partial charge in [-0.25, -0.2) is 5.01 Å². The lowest BCUT2D eigenvalue weighted by Gasteiger charge is -2.45. The Labute approximate surface area is 210 Å². The Morgan fingerprint density at radius 1 is 0.919 bits per heavy atom. The van der Waals surface area contributed by atoms with E-state index in [1.54, 1.807) is 5.01 Å². The van der Waals surface area contributed by atoms with Crippen LogP contribution in [0.4, 0.5) is 26.3 Å². The van der Waals surface area contributed by atoms with Crippen LogP contribution < -0.4 is 0 Å². The summed E-state index contributed by atoms with van der Waals surface area (Å²) in [4.78, 5) is 12.2. The Balaban J connectivity index is 1.58. The Kier molecular flexibility index (Phi) is 7.87. The van der Waals surface area contributed by atoms with Crippen molar-refractivity contribution in [2.24, 2.45) is 0 Å². The molecular weight excluding hydrogens is 502 g/mol. The molecule has 1 atom stereocenters. The number of aliphatic hydroxyl groups excluding tert-OH is 1. The number of hydrazine groups is 1. The maximum atomic E-state index is 13.4. The quantitative estimate of drug-likeness (QED) is 0.491. The number of benzene rings is 2. The third-order valence-corrected chi connectivity index (χ3v) is 7.18. The van der Waals surface area contributed by atoms with E-state index in [-0.39, 0.29) is 18.6 Å². The highest BCUT2D eigenvalue weighted by Crippen LogP contribution is 2.40. The van der Waals surface area contributed by atoms with Gasteiger partial charge in [-0.15, -0.1) is 0 Å². The number of halogens is 6. The molecular formula is C26H28F6N2O3. The van der Waals surface area contributed by atoms with Crippen LogP contribution in [0.3, 0.4) is 0 Å². The van der Waals surface area contributed by atoms with Crippen molar-refractivity contribution in [1.82, 2.24) is 10.0 Å². The average Bonchev–Trinajstić information content (AvgIpc) is 3.30. The Bertz CT molecular complexity index is 1050. The van der Waals surface area contributed by atoms with Gasteiger partial charge in [-0.2, -0.15) is 26.3 Å². The highest BCUT2D eigenvalue weighted by Gasteiger charge is 2.41. The van der Waals surface area contributed by atoms with Crippen LogP contribution in [-0.2, 0) is 27.3 Å². The molecule has 0 saturated carbocycles. The normalized spacial score (nSPS) is 19.9. The number of hydrogen-bond acceptors (Lipinski definition) is 4. The van der Waals surface area contributed by atoms with Crippen LogP contribution in [0.5, 0.6) is 0 Å². The van der Waals surface area contributed by atoms with E-state index in [9.17, 15) is 36.2 Å². The molecule has 0 unspecified atom stereocenters. The number of rotatable bonds is 7. The fraction of sp³-hybridized carbons (Fsp3) is 0.500. The van der Waals surface area contributed by atoms with Crippen LogP contribution in [0.25, 0.3) is 0 Å². The summed E-state index contributed by atoms with van der Waals surface area (Å²) in [5.41, 5.74) is -2.99. The number of nitrogens with zero attached hydrogens (tertiary/aromatic N) is 2. The Morgan fingerprint density at radius 3 is 2.00 bits per heavy atom. The molecule has 37 heavy (non-hydrogen) atoms. The number of hydrogen-bond donors (Lipinski definition) is 1. The molecule has 2 fully saturated rings. The van der Waals surface area contributed by atoms with Gasteiger partial charge in [-0.3, -0.25) is 9.80 Å². The standard InChI is InChI=1S/C26H28F6N2O3/c27-25(28,29)20-13-18(14-21(15-20)26(30,31)32)22(16-35)37-17-24(19-5-2-1-3-6-19)8-11-33(12-9-24)34-10-4-7-23(34)36/h1-3,5-6,13-15,22,35H,4,7-12,16-17H2/t22-/m0/s1. The number of amides is 1. The van der Waals surface area contributed by atoms with Crippen LogP contribution in [-0.4, -0.2) is 53.9 Å². The molecule has 2 aliphatic heterocycles. The third-order valence-electron chi connectivity index (χ3n) is 7.18. The smallest absolute Gasteiger partial charge is 0.393 e. The minimum atomic E-state index is -5.00. The van der Waals surface area contributed by atoms with E-state index in [1.165, 1.54) is 0 Å². The summed E-state index contributed by atoms with van der Waals surface area (Å²) in [6.45, 7) is 0.905. The van der Waals surface area contributed by atoms with Gasteiger partial charge < -0.3 is 9.84 Å². The van der Waals surface area contributed by atoms with Gasteiger partial charge in [0.15, 0.2) is 0 Å². The monoisotopic (exact) mass is 530 g/mol. The molecule has 0 radical (unpaired) electrons. The van der Waals surface area contributed by atoms with Gasteiger partial charge in [0.1, 0.15) is 6.10 Å². The van der Waals surface area contributed by atoms with E-state index in [2.05, 4.69) is 0 Å². The predicted octanol–water partition coefficient (Wildman–Crippen LogP) is 5.35. The Hall–Kier alpha value is -2.63. The zero-order valence-corrected chi connectivity index (χ0v) is 20.0. The molecule has 2 aromatic rings. The van der Waals surface area contributed by atoms with E-state index in [4.69, 9.17) is 4.74 Å². The first kappa shape index (κ1) is 27.4. The first-order valence-corrected chi connectivity index (χ1v) is 12.1. The second kappa shape index (κ2) is 10.6. The van der Waals surface area contributed by atoms with Crippen molar-refractivity contribution in [1.29, 1.82) is 0 Å². The summed E-state index contributed by atoms with van der Waals surface area (Å²) in [6, 6.07) is 10.6. The molecule has 2 heterocycles. The van der Waals surface area contributed by atoms with Gasteiger partial charge in [-0.05, 0) is 48.6 Å². The summed E-state index contributed by atoms with van der Waals surface area (Å²) >= 11 is 0. The topological polar surface area (TPSA) is 53.0 Å². The van der Waals surface area contributed by atoms with Gasteiger partial charge in [0.2, 0.25) is 5.91 Å². The van der Waals surface area contributed by atoms with Crippen molar-refractivity contribution in [2.45, 2.75) is 49.6 Å². The largest absolute Gasteiger partial charge is 0.416 e. The molecule has 2 saturated heterocycles. The number of carbonyl (C=O) groups excluding carboxylic acids is 1. The van der Waals surface area contributed by atoms with Crippen LogP contribution in [0, 0.1) is 0 Å². The first-order chi connectivity index (χ1) is 17.4. The van der Waals surface area contributed by atoms with Crippen LogP contribution in [0.1, 0.15) is 54.0 Å². The number of alkyl halides is 6. The molecule has 0 aromatic heterocycles. The maximum Gasteiger partial charge on any atom is 0.416 e. The first-order valence-electron chi connectivity index (χ1n) is 12.1. The third kappa shape index (κ3) is 6.10. The van der Waals surface area contributed by atoms with Crippen LogP contribution in [0.2, 0.25) is 0 Å². The van der Waals surface area contributed by atoms with Gasteiger partial charge in [-0.1, -0.05) is 30.3 Å². The second-order valence-corrected chi connectivity index (χ2v) is 9.54. The van der Waals surface area contributed by atoms with E-state index in [0.717, 1.165) is 12.0 Å². The maximum absolute atomic E-state index is 13.4. The molecule has 5 nitrogen and oxygen atoms in total. The zero-order valence-electron chi connectivity index (χ0n) is 20.0. The fourth-order valence-corrected chi connectivity index (χ4v) is 5.08. The predicted molar refractivity (Wildman–Crippen MR) is 122 cm³/mol. The van der Waals surface area contributed by atoms with Crippen LogP contribution in [0.15, 0.2) is 48.5 Å². The highest BCUT2D eigenvalue weighted by molar-refractivity contribution is 5.77. The molecule has 0 spiro atoms. The Morgan fingerprint density at radius 2 is 1.51 bits per heavy atom. The zero-order chi connectivity index (χ0) is 26.8. The van der Waals surface area contributed by atoms with Crippen molar-refractivity contribution in [3.05, 3.63) is 70.8 Å². The fourth-order valence-electron chi connectivity index (χ4n) is 5.08. The minimum Gasteiger partial charge on any atom is -0.393 e. The highest BCUT2D eigenvalue weighted by atomic mass is 19.4. The van der Waals surface area contributed by atoms with E-state index >= 15 is 0 Å². The van der Waals surface area contributed by atoms with E-state index in [0.29, 0.717) is 51.0 Å². The van der Waals surface area contributed by atoms with E-state index in [1.807, 2.05) is 35.3 Å². The summed E-state index contributed by atoms with van der Waals surface area (Å²) in [6.07, 6.45) is -9.00. The van der Waals surface area contributed by atoms with Crippen molar-refractivity contribution in [2.75, 3.05) is 32.8 Å². The molecule has 11 heteroatoms. The van der Waals surface area contributed by atoms with Gasteiger partial charge in [0.05, 0.1) is 24.3 Å². The molecule has 1 N–H and O–H groups in total. The average molecular weight is 531 g/mol. The van der Waals surface area contributed by atoms with Crippen molar-refractivity contribution < 1.29 is 41.0 Å². The molecule has 4 rings (SSSR count). The second-order valence-electron chi connectivity index (χ2n) is 9.54. The molecule has 2 aliphatic rings. The SMILES string of the molecule is O=C1CCCN1N1CCC(CO[C@@H](CO)c2cc(C(F)(F)F)cc(C(F)(F)F)c2)(c2ccccc2)CC1. The molecule has 2 aromatic carbocycles. The molecule has 1 amide bonds. The summed E-state index contributed by atoms with van der Waals surface area (Å²) in [5.74, 6) is 0.0637. The minimum absolute atomic E-state index is 0.0262. The number of piperidine rings is 1. The van der Waals surface area contributed by atoms with E-state index < -0.39 is 47.2 Å². The summed E-state index contributed by atoms with van der Waals surface area (Å²) < 4.78 is 86.0. The lowest BCUT2D eigenvalue weighted by molar-refractivity contribution is -0.147. The summed E-state index contributed by atoms with van der Waals surface area (Å²) in [5, 5.41) is 13.7. The molecule has 202 valence electrons. The van der Waals surface area contributed by atoms with Gasteiger partial charge in [0, 0.05) is 31.5 Å². The van der Waals surface area contributed by atoms with Gasteiger partial charge in [0.25, 0.3) is 0 Å². The van der Waals surface area contributed by atoms with Crippen molar-refractivity contribution >= 4 is 5.91 Å². The van der Waals surface area contributed by atoms with Crippen molar-refractivity contribution in [3.8, 4) is 0 Å². The lowest BCUT2D eigenvalue weighted by Crippen LogP contribution is -2.52. The molecule has 0 aliphatic carbocycles. The van der Waals surface area contributed by atoms with Crippen molar-refractivity contribution in [3.63, 3.8) is 0 Å². The molecule has 0 bridgehead atoms. The number of aliphatic hydroxyl groups is 1.